The smallest absolute Gasteiger partial charge is 0.122 e. The molecule has 0 amide bonds. The highest BCUT2D eigenvalue weighted by molar-refractivity contribution is 5.38. The van der Waals surface area contributed by atoms with Gasteiger partial charge in [-0.15, -0.1) is 0 Å². The lowest BCUT2D eigenvalue weighted by molar-refractivity contribution is 0.196. The summed E-state index contributed by atoms with van der Waals surface area (Å²) >= 11 is 0. The zero-order valence-corrected chi connectivity index (χ0v) is 9.92. The van der Waals surface area contributed by atoms with Crippen molar-refractivity contribution in [2.75, 3.05) is 6.54 Å². The number of ether oxygens (including phenoxy) is 1. The number of nitrogens with two attached hydrogens (primary N) is 1. The summed E-state index contributed by atoms with van der Waals surface area (Å²) in [4.78, 5) is 0. The Bertz CT molecular complexity index is 309. The van der Waals surface area contributed by atoms with Crippen LogP contribution in [0.25, 0.3) is 0 Å². The van der Waals surface area contributed by atoms with Crippen molar-refractivity contribution >= 4 is 0 Å². The van der Waals surface area contributed by atoms with Crippen molar-refractivity contribution in [2.24, 2.45) is 5.73 Å². The van der Waals surface area contributed by atoms with Gasteiger partial charge < -0.3 is 10.5 Å². The van der Waals surface area contributed by atoms with Gasteiger partial charge in [0.2, 0.25) is 0 Å². The Morgan fingerprint density at radius 1 is 1.33 bits per heavy atom. The second kappa shape index (κ2) is 5.76. The predicted molar refractivity (Wildman–Crippen MR) is 64.3 cm³/mol. The van der Waals surface area contributed by atoms with Gasteiger partial charge in [0.1, 0.15) is 11.9 Å². The van der Waals surface area contributed by atoms with Gasteiger partial charge >= 0.3 is 0 Å². The van der Waals surface area contributed by atoms with Gasteiger partial charge in [-0.1, -0.05) is 25.5 Å². The fraction of sp³-hybridized carbons (Fsp3) is 0.538. The van der Waals surface area contributed by atoms with E-state index in [1.807, 2.05) is 12.1 Å². The van der Waals surface area contributed by atoms with Crippen LogP contribution in [0.15, 0.2) is 18.2 Å². The standard InChI is InChI=1S/C13H21NO/c1-4-6-12(9-14)15-13-8-5-7-10(2)11(13)3/h5,7-8,12H,4,6,9,14H2,1-3H3. The molecule has 0 saturated heterocycles. The molecule has 1 aromatic rings. The third-order valence-corrected chi connectivity index (χ3v) is 2.72. The number of benzene rings is 1. The van der Waals surface area contributed by atoms with Crippen LogP contribution in [0.1, 0.15) is 30.9 Å². The topological polar surface area (TPSA) is 35.2 Å². The molecule has 0 saturated carbocycles. The highest BCUT2D eigenvalue weighted by Crippen LogP contribution is 2.22. The summed E-state index contributed by atoms with van der Waals surface area (Å²) in [7, 11) is 0. The molecular weight excluding hydrogens is 186 g/mol. The molecule has 1 unspecified atom stereocenters. The molecule has 1 aromatic carbocycles. The minimum Gasteiger partial charge on any atom is -0.489 e. The van der Waals surface area contributed by atoms with Crippen molar-refractivity contribution in [3.05, 3.63) is 29.3 Å². The summed E-state index contributed by atoms with van der Waals surface area (Å²) in [5.74, 6) is 0.971. The molecule has 0 fully saturated rings. The Hall–Kier alpha value is -1.02. The van der Waals surface area contributed by atoms with Crippen molar-refractivity contribution in [3.63, 3.8) is 0 Å². The van der Waals surface area contributed by atoms with E-state index in [1.54, 1.807) is 0 Å². The third-order valence-electron chi connectivity index (χ3n) is 2.72. The molecule has 1 rings (SSSR count). The van der Waals surface area contributed by atoms with Crippen molar-refractivity contribution in [2.45, 2.75) is 39.7 Å². The van der Waals surface area contributed by atoms with Gasteiger partial charge in [-0.05, 0) is 37.5 Å². The van der Waals surface area contributed by atoms with E-state index in [4.69, 9.17) is 10.5 Å². The van der Waals surface area contributed by atoms with Crippen LogP contribution in [0, 0.1) is 13.8 Å². The number of rotatable bonds is 5. The molecule has 0 aliphatic heterocycles. The van der Waals surface area contributed by atoms with E-state index in [-0.39, 0.29) is 6.10 Å². The normalized spacial score (nSPS) is 12.5. The Morgan fingerprint density at radius 2 is 2.07 bits per heavy atom. The van der Waals surface area contributed by atoms with Crippen LogP contribution in [0.5, 0.6) is 5.75 Å². The van der Waals surface area contributed by atoms with Gasteiger partial charge in [-0.2, -0.15) is 0 Å². The fourth-order valence-electron chi connectivity index (χ4n) is 1.58. The second-order valence-corrected chi connectivity index (χ2v) is 3.96. The van der Waals surface area contributed by atoms with Gasteiger partial charge in [-0.3, -0.25) is 0 Å². The van der Waals surface area contributed by atoms with E-state index < -0.39 is 0 Å². The summed E-state index contributed by atoms with van der Waals surface area (Å²) in [6.45, 7) is 6.92. The lowest BCUT2D eigenvalue weighted by Crippen LogP contribution is -2.26. The van der Waals surface area contributed by atoms with Crippen molar-refractivity contribution in [1.82, 2.24) is 0 Å². The Balaban J connectivity index is 2.74. The molecule has 0 aliphatic carbocycles. The molecule has 0 heterocycles. The SMILES string of the molecule is CCCC(CN)Oc1cccc(C)c1C. The van der Waals surface area contributed by atoms with Crippen LogP contribution in [0.4, 0.5) is 0 Å². The molecular formula is C13H21NO. The lowest BCUT2D eigenvalue weighted by Gasteiger charge is -2.18. The Morgan fingerprint density at radius 3 is 2.67 bits per heavy atom. The summed E-state index contributed by atoms with van der Waals surface area (Å²) in [5, 5.41) is 0. The zero-order valence-electron chi connectivity index (χ0n) is 9.92. The third kappa shape index (κ3) is 3.24. The highest BCUT2D eigenvalue weighted by Gasteiger charge is 2.09. The first kappa shape index (κ1) is 12.1. The number of hydrogen-bond acceptors (Lipinski definition) is 2. The van der Waals surface area contributed by atoms with E-state index in [0.29, 0.717) is 6.54 Å². The molecule has 0 aromatic heterocycles. The molecule has 2 nitrogen and oxygen atoms in total. The zero-order chi connectivity index (χ0) is 11.3. The number of hydrogen-bond donors (Lipinski definition) is 1. The van der Waals surface area contributed by atoms with Crippen LogP contribution in [-0.4, -0.2) is 12.6 Å². The minimum atomic E-state index is 0.149. The van der Waals surface area contributed by atoms with Crippen LogP contribution in [0.3, 0.4) is 0 Å². The Labute approximate surface area is 92.4 Å². The molecule has 84 valence electrons. The molecule has 0 spiro atoms. The molecule has 2 heteroatoms. The molecule has 1 atom stereocenters. The first-order chi connectivity index (χ1) is 7.19. The maximum Gasteiger partial charge on any atom is 0.122 e. The van der Waals surface area contributed by atoms with E-state index in [1.165, 1.54) is 11.1 Å². The second-order valence-electron chi connectivity index (χ2n) is 3.96. The van der Waals surface area contributed by atoms with E-state index in [2.05, 4.69) is 26.8 Å². The largest absolute Gasteiger partial charge is 0.489 e. The maximum atomic E-state index is 5.89. The molecule has 2 N–H and O–H groups in total. The molecule has 15 heavy (non-hydrogen) atoms. The molecule has 0 bridgehead atoms. The van der Waals surface area contributed by atoms with Crippen molar-refractivity contribution in [1.29, 1.82) is 0 Å². The highest BCUT2D eigenvalue weighted by atomic mass is 16.5. The lowest BCUT2D eigenvalue weighted by atomic mass is 10.1. The van der Waals surface area contributed by atoms with Gasteiger partial charge in [-0.25, -0.2) is 0 Å². The van der Waals surface area contributed by atoms with Crippen LogP contribution in [-0.2, 0) is 0 Å². The minimum absolute atomic E-state index is 0.149. The predicted octanol–water partition coefficient (Wildman–Crippen LogP) is 2.81. The number of aryl methyl sites for hydroxylation is 1. The molecule has 0 aliphatic rings. The first-order valence-corrected chi connectivity index (χ1v) is 5.62. The maximum absolute atomic E-state index is 5.89. The van der Waals surface area contributed by atoms with E-state index >= 15 is 0 Å². The van der Waals surface area contributed by atoms with Crippen molar-refractivity contribution in [3.8, 4) is 5.75 Å². The fourth-order valence-corrected chi connectivity index (χ4v) is 1.58. The van der Waals surface area contributed by atoms with Crippen molar-refractivity contribution < 1.29 is 4.74 Å². The summed E-state index contributed by atoms with van der Waals surface area (Å²) in [5.41, 5.74) is 8.15. The van der Waals surface area contributed by atoms with Crippen LogP contribution >= 0.6 is 0 Å². The van der Waals surface area contributed by atoms with Gasteiger partial charge in [0.25, 0.3) is 0 Å². The molecule has 0 radical (unpaired) electrons. The van der Waals surface area contributed by atoms with Crippen LogP contribution in [0.2, 0.25) is 0 Å². The van der Waals surface area contributed by atoms with E-state index in [9.17, 15) is 0 Å². The first-order valence-electron chi connectivity index (χ1n) is 5.62. The summed E-state index contributed by atoms with van der Waals surface area (Å²) in [6.07, 6.45) is 2.27. The monoisotopic (exact) mass is 207 g/mol. The van der Waals surface area contributed by atoms with Gasteiger partial charge in [0, 0.05) is 6.54 Å². The van der Waals surface area contributed by atoms with Gasteiger partial charge in [0.05, 0.1) is 0 Å². The summed E-state index contributed by atoms with van der Waals surface area (Å²) in [6, 6.07) is 6.14. The average molecular weight is 207 g/mol. The Kier molecular flexibility index (Phi) is 4.63. The quantitative estimate of drug-likeness (QED) is 0.805. The van der Waals surface area contributed by atoms with E-state index in [0.717, 1.165) is 18.6 Å². The van der Waals surface area contributed by atoms with Crippen LogP contribution < -0.4 is 10.5 Å². The van der Waals surface area contributed by atoms with Gasteiger partial charge in [0.15, 0.2) is 0 Å². The average Bonchev–Trinajstić information content (AvgIpc) is 2.24. The summed E-state index contributed by atoms with van der Waals surface area (Å²) < 4.78 is 5.89.